The Balaban J connectivity index is 2.49. The Morgan fingerprint density at radius 1 is 1.39 bits per heavy atom. The number of aliphatic carboxylic acids is 1. The molecule has 0 aliphatic rings. The van der Waals surface area contributed by atoms with Gasteiger partial charge in [-0.1, -0.05) is 24.6 Å². The monoisotopic (exact) mass is 270 g/mol. The second kappa shape index (κ2) is 6.86. The summed E-state index contributed by atoms with van der Waals surface area (Å²) in [6, 6.07) is 4.81. The summed E-state index contributed by atoms with van der Waals surface area (Å²) in [6.07, 6.45) is 0.715. The van der Waals surface area contributed by atoms with Crippen LogP contribution in [-0.2, 0) is 11.2 Å². The molecule has 0 saturated carbocycles. The topological polar surface area (TPSA) is 78.4 Å². The lowest BCUT2D eigenvalue weighted by Gasteiger charge is -2.08. The Labute approximate surface area is 110 Å². The minimum absolute atomic E-state index is 0.0853. The van der Waals surface area contributed by atoms with E-state index in [-0.39, 0.29) is 13.0 Å². The van der Waals surface area contributed by atoms with E-state index in [1.807, 2.05) is 13.0 Å². The number of urea groups is 1. The molecule has 0 atom stereocenters. The Morgan fingerprint density at radius 2 is 2.11 bits per heavy atom. The van der Waals surface area contributed by atoms with Crippen molar-refractivity contribution in [2.24, 2.45) is 0 Å². The average molecular weight is 271 g/mol. The molecule has 2 amide bonds. The van der Waals surface area contributed by atoms with Crippen molar-refractivity contribution < 1.29 is 14.7 Å². The van der Waals surface area contributed by atoms with Crippen LogP contribution in [0.3, 0.4) is 0 Å². The molecule has 0 fully saturated rings. The number of hydrogen-bond donors (Lipinski definition) is 3. The van der Waals surface area contributed by atoms with Gasteiger partial charge < -0.3 is 15.7 Å². The Hall–Kier alpha value is -1.75. The largest absolute Gasteiger partial charge is 0.481 e. The number of halogens is 1. The van der Waals surface area contributed by atoms with Crippen LogP contribution in [0.25, 0.3) is 0 Å². The molecule has 1 aromatic rings. The van der Waals surface area contributed by atoms with Crippen LogP contribution in [0.5, 0.6) is 0 Å². The zero-order chi connectivity index (χ0) is 13.5. The third kappa shape index (κ3) is 4.63. The highest BCUT2D eigenvalue weighted by Crippen LogP contribution is 2.21. The summed E-state index contributed by atoms with van der Waals surface area (Å²) in [5.74, 6) is -0.953. The molecule has 98 valence electrons. The van der Waals surface area contributed by atoms with E-state index in [1.165, 1.54) is 0 Å². The number of hydrogen-bond acceptors (Lipinski definition) is 2. The summed E-state index contributed by atoms with van der Waals surface area (Å²) >= 11 is 6.01. The number of anilines is 1. The third-order valence-corrected chi connectivity index (χ3v) is 2.67. The number of carbonyl (C=O) groups is 2. The highest BCUT2D eigenvalue weighted by molar-refractivity contribution is 6.31. The van der Waals surface area contributed by atoms with Crippen molar-refractivity contribution in [2.75, 3.05) is 11.9 Å². The Bertz CT molecular complexity index is 449. The number of benzene rings is 1. The van der Waals surface area contributed by atoms with Gasteiger partial charge in [-0.2, -0.15) is 0 Å². The first kappa shape index (κ1) is 14.3. The lowest BCUT2D eigenvalue weighted by molar-refractivity contribution is -0.136. The molecule has 6 heteroatoms. The van der Waals surface area contributed by atoms with Crippen molar-refractivity contribution in [3.63, 3.8) is 0 Å². The van der Waals surface area contributed by atoms with Gasteiger partial charge in [0.15, 0.2) is 0 Å². The maximum absolute atomic E-state index is 11.4. The molecule has 0 saturated heterocycles. The number of aryl methyl sites for hydroxylation is 1. The standard InChI is InChI=1S/C12H15ClN2O3/c1-2-8-3-4-9(7-10(8)13)15-12(18)14-6-5-11(16)17/h3-4,7H,2,5-6H2,1H3,(H,16,17)(H2,14,15,18). The zero-order valence-corrected chi connectivity index (χ0v) is 10.8. The van der Waals surface area contributed by atoms with Gasteiger partial charge in [0, 0.05) is 17.3 Å². The highest BCUT2D eigenvalue weighted by Gasteiger charge is 2.05. The molecule has 0 unspecified atom stereocenters. The maximum Gasteiger partial charge on any atom is 0.319 e. The SMILES string of the molecule is CCc1ccc(NC(=O)NCCC(=O)O)cc1Cl. The predicted molar refractivity (Wildman–Crippen MR) is 70.1 cm³/mol. The van der Waals surface area contributed by atoms with Gasteiger partial charge in [0.05, 0.1) is 6.42 Å². The molecule has 0 heterocycles. The molecule has 1 rings (SSSR count). The Kier molecular flexibility index (Phi) is 5.45. The average Bonchev–Trinajstić information content (AvgIpc) is 2.28. The lowest BCUT2D eigenvalue weighted by atomic mass is 10.1. The van der Waals surface area contributed by atoms with Crippen LogP contribution in [0.15, 0.2) is 18.2 Å². The molecular formula is C12H15ClN2O3. The Morgan fingerprint density at radius 3 is 2.67 bits per heavy atom. The van der Waals surface area contributed by atoms with Gasteiger partial charge in [-0.15, -0.1) is 0 Å². The van der Waals surface area contributed by atoms with Crippen LogP contribution in [0.1, 0.15) is 18.9 Å². The summed E-state index contributed by atoms with van der Waals surface area (Å²) in [5.41, 5.74) is 1.58. The van der Waals surface area contributed by atoms with E-state index in [2.05, 4.69) is 10.6 Å². The van der Waals surface area contributed by atoms with Crippen LogP contribution in [0.4, 0.5) is 10.5 Å². The number of nitrogens with one attached hydrogen (secondary N) is 2. The summed E-state index contributed by atoms with van der Waals surface area (Å²) in [7, 11) is 0. The van der Waals surface area contributed by atoms with Gasteiger partial charge in [-0.25, -0.2) is 4.79 Å². The van der Waals surface area contributed by atoms with E-state index in [1.54, 1.807) is 12.1 Å². The second-order valence-electron chi connectivity index (χ2n) is 3.68. The van der Waals surface area contributed by atoms with Crippen molar-refractivity contribution >= 4 is 29.3 Å². The first-order valence-electron chi connectivity index (χ1n) is 5.58. The van der Waals surface area contributed by atoms with Gasteiger partial charge in [0.1, 0.15) is 0 Å². The summed E-state index contributed by atoms with van der Waals surface area (Å²) in [5, 5.41) is 14.0. The fourth-order valence-corrected chi connectivity index (χ4v) is 1.68. The first-order valence-corrected chi connectivity index (χ1v) is 5.95. The number of carboxylic acids is 1. The quantitative estimate of drug-likeness (QED) is 0.769. The molecular weight excluding hydrogens is 256 g/mol. The van der Waals surface area contributed by atoms with Crippen LogP contribution in [0.2, 0.25) is 5.02 Å². The fraction of sp³-hybridized carbons (Fsp3) is 0.333. The van der Waals surface area contributed by atoms with Crippen LogP contribution < -0.4 is 10.6 Å². The molecule has 0 aromatic heterocycles. The van der Waals surface area contributed by atoms with E-state index in [9.17, 15) is 9.59 Å². The molecule has 0 aliphatic carbocycles. The fourth-order valence-electron chi connectivity index (χ4n) is 1.37. The number of rotatable bonds is 5. The lowest BCUT2D eigenvalue weighted by Crippen LogP contribution is -2.30. The molecule has 18 heavy (non-hydrogen) atoms. The molecule has 3 N–H and O–H groups in total. The summed E-state index contributed by atoms with van der Waals surface area (Å²) in [6.45, 7) is 2.08. The van der Waals surface area contributed by atoms with E-state index >= 15 is 0 Å². The van der Waals surface area contributed by atoms with Crippen molar-refractivity contribution in [2.45, 2.75) is 19.8 Å². The van der Waals surface area contributed by atoms with Gasteiger partial charge in [-0.05, 0) is 24.1 Å². The van der Waals surface area contributed by atoms with Gasteiger partial charge in [0.25, 0.3) is 0 Å². The number of carbonyl (C=O) groups excluding carboxylic acids is 1. The van der Waals surface area contributed by atoms with Crippen molar-refractivity contribution in [3.8, 4) is 0 Å². The highest BCUT2D eigenvalue weighted by atomic mass is 35.5. The van der Waals surface area contributed by atoms with Crippen molar-refractivity contribution in [1.29, 1.82) is 0 Å². The van der Waals surface area contributed by atoms with Crippen LogP contribution in [0, 0.1) is 0 Å². The summed E-state index contributed by atoms with van der Waals surface area (Å²) < 4.78 is 0. The van der Waals surface area contributed by atoms with Crippen LogP contribution >= 0.6 is 11.6 Å². The molecule has 0 radical (unpaired) electrons. The van der Waals surface area contributed by atoms with E-state index in [0.717, 1.165) is 12.0 Å². The zero-order valence-electron chi connectivity index (χ0n) is 10.00. The molecule has 1 aromatic carbocycles. The smallest absolute Gasteiger partial charge is 0.319 e. The van der Waals surface area contributed by atoms with E-state index in [0.29, 0.717) is 10.7 Å². The molecule has 5 nitrogen and oxygen atoms in total. The number of carboxylic acid groups (broad SMARTS) is 1. The van der Waals surface area contributed by atoms with E-state index in [4.69, 9.17) is 16.7 Å². The molecule has 0 aliphatic heterocycles. The van der Waals surface area contributed by atoms with Crippen molar-refractivity contribution in [3.05, 3.63) is 28.8 Å². The normalized spacial score (nSPS) is 9.89. The molecule has 0 bridgehead atoms. The second-order valence-corrected chi connectivity index (χ2v) is 4.09. The first-order chi connectivity index (χ1) is 8.52. The van der Waals surface area contributed by atoms with E-state index < -0.39 is 12.0 Å². The van der Waals surface area contributed by atoms with Gasteiger partial charge in [-0.3, -0.25) is 4.79 Å². The van der Waals surface area contributed by atoms with Crippen LogP contribution in [-0.4, -0.2) is 23.7 Å². The van der Waals surface area contributed by atoms with Gasteiger partial charge in [0.2, 0.25) is 0 Å². The van der Waals surface area contributed by atoms with Gasteiger partial charge >= 0.3 is 12.0 Å². The third-order valence-electron chi connectivity index (χ3n) is 2.32. The molecule has 0 spiro atoms. The minimum atomic E-state index is -0.953. The number of amides is 2. The van der Waals surface area contributed by atoms with Crippen molar-refractivity contribution in [1.82, 2.24) is 5.32 Å². The summed E-state index contributed by atoms with van der Waals surface area (Å²) in [4.78, 5) is 21.7. The maximum atomic E-state index is 11.4. The minimum Gasteiger partial charge on any atom is -0.481 e. The predicted octanol–water partition coefficient (Wildman–Crippen LogP) is 2.50.